The van der Waals surface area contributed by atoms with Crippen molar-refractivity contribution in [3.05, 3.63) is 28.2 Å². The van der Waals surface area contributed by atoms with Gasteiger partial charge in [-0.25, -0.2) is 0 Å². The molecule has 0 amide bonds. The second kappa shape index (κ2) is 5.52. The zero-order chi connectivity index (χ0) is 12.3. The highest BCUT2D eigenvalue weighted by atomic mass is 79.9. The van der Waals surface area contributed by atoms with Crippen LogP contribution < -0.4 is 4.90 Å². The lowest BCUT2D eigenvalue weighted by Crippen LogP contribution is -2.34. The van der Waals surface area contributed by atoms with Crippen LogP contribution in [-0.4, -0.2) is 24.8 Å². The Kier molecular flexibility index (Phi) is 4.03. The highest BCUT2D eigenvalue weighted by Crippen LogP contribution is 2.27. The fourth-order valence-corrected chi connectivity index (χ4v) is 2.62. The maximum Gasteiger partial charge on any atom is 0.100 e. The van der Waals surface area contributed by atoms with E-state index < -0.39 is 0 Å². The third kappa shape index (κ3) is 2.80. The molecule has 2 rings (SSSR count). The molecule has 17 heavy (non-hydrogen) atoms. The van der Waals surface area contributed by atoms with Gasteiger partial charge in [-0.1, -0.05) is 0 Å². The Balaban J connectivity index is 2.09. The molecule has 0 radical (unpaired) electrons. The van der Waals surface area contributed by atoms with Gasteiger partial charge in [-0.3, -0.25) is 0 Å². The minimum absolute atomic E-state index is 0.297. The molecule has 1 aliphatic heterocycles. The van der Waals surface area contributed by atoms with Crippen LogP contribution in [0.2, 0.25) is 0 Å². The minimum Gasteiger partial charge on any atom is -0.396 e. The Morgan fingerprint density at radius 1 is 1.41 bits per heavy atom. The van der Waals surface area contributed by atoms with E-state index in [4.69, 9.17) is 10.4 Å². The first-order chi connectivity index (χ1) is 8.24. The molecule has 1 fully saturated rings. The Labute approximate surface area is 110 Å². The molecule has 0 atom stereocenters. The molecule has 1 aromatic rings. The molecule has 4 heteroatoms. The van der Waals surface area contributed by atoms with Gasteiger partial charge in [0.25, 0.3) is 0 Å². The number of nitriles is 1. The Morgan fingerprint density at radius 3 is 2.65 bits per heavy atom. The van der Waals surface area contributed by atoms with Gasteiger partial charge in [0.05, 0.1) is 5.56 Å². The molecule has 90 valence electrons. The normalized spacial score (nSPS) is 16.9. The maximum absolute atomic E-state index is 9.10. The summed E-state index contributed by atoms with van der Waals surface area (Å²) in [6, 6.07) is 7.97. The van der Waals surface area contributed by atoms with Crippen LogP contribution in [0.4, 0.5) is 5.69 Å². The monoisotopic (exact) mass is 294 g/mol. The zero-order valence-electron chi connectivity index (χ0n) is 9.56. The maximum atomic E-state index is 9.10. The first kappa shape index (κ1) is 12.4. The molecule has 0 bridgehead atoms. The van der Waals surface area contributed by atoms with E-state index in [1.165, 1.54) is 0 Å². The number of halogens is 1. The number of anilines is 1. The Bertz CT molecular complexity index is 434. The number of aliphatic hydroxyl groups excluding tert-OH is 1. The lowest BCUT2D eigenvalue weighted by atomic mass is 9.97. The third-order valence-corrected chi connectivity index (χ3v) is 3.97. The molecule has 0 aromatic heterocycles. The average molecular weight is 295 g/mol. The van der Waals surface area contributed by atoms with E-state index >= 15 is 0 Å². The number of rotatable bonds is 2. The van der Waals surface area contributed by atoms with Crippen molar-refractivity contribution in [3.63, 3.8) is 0 Å². The van der Waals surface area contributed by atoms with E-state index in [1.54, 1.807) is 0 Å². The van der Waals surface area contributed by atoms with Crippen molar-refractivity contribution in [1.29, 1.82) is 5.26 Å². The van der Waals surface area contributed by atoms with Crippen LogP contribution in [0.15, 0.2) is 22.7 Å². The number of hydrogen-bond acceptors (Lipinski definition) is 3. The molecule has 1 heterocycles. The molecule has 0 spiro atoms. The van der Waals surface area contributed by atoms with E-state index in [2.05, 4.69) is 26.9 Å². The smallest absolute Gasteiger partial charge is 0.100 e. The van der Waals surface area contributed by atoms with Crippen LogP contribution in [0.1, 0.15) is 18.4 Å². The summed E-state index contributed by atoms with van der Waals surface area (Å²) in [6.07, 6.45) is 2.07. The molecule has 0 aliphatic carbocycles. The van der Waals surface area contributed by atoms with Crippen LogP contribution >= 0.6 is 15.9 Å². The lowest BCUT2D eigenvalue weighted by Gasteiger charge is -2.33. The summed E-state index contributed by atoms with van der Waals surface area (Å²) in [6.45, 7) is 2.25. The summed E-state index contributed by atoms with van der Waals surface area (Å²) in [4.78, 5) is 2.30. The number of nitrogens with zero attached hydrogens (tertiary/aromatic N) is 2. The molecule has 0 unspecified atom stereocenters. The predicted octanol–water partition coefficient (Wildman–Crippen LogP) is 2.53. The zero-order valence-corrected chi connectivity index (χ0v) is 11.2. The van der Waals surface area contributed by atoms with E-state index in [1.807, 2.05) is 18.2 Å². The minimum atomic E-state index is 0.297. The quantitative estimate of drug-likeness (QED) is 0.912. The average Bonchev–Trinajstić information content (AvgIpc) is 2.39. The number of benzene rings is 1. The largest absolute Gasteiger partial charge is 0.396 e. The van der Waals surface area contributed by atoms with Gasteiger partial charge in [0, 0.05) is 29.9 Å². The van der Waals surface area contributed by atoms with Crippen LogP contribution in [-0.2, 0) is 0 Å². The first-order valence-electron chi connectivity index (χ1n) is 5.80. The highest BCUT2D eigenvalue weighted by Gasteiger charge is 2.19. The van der Waals surface area contributed by atoms with E-state index in [9.17, 15) is 0 Å². The number of piperidine rings is 1. The molecule has 1 saturated heterocycles. The number of hydrogen-bond donors (Lipinski definition) is 1. The van der Waals surface area contributed by atoms with E-state index in [-0.39, 0.29) is 0 Å². The summed E-state index contributed by atoms with van der Waals surface area (Å²) in [7, 11) is 0. The van der Waals surface area contributed by atoms with Gasteiger partial charge in [-0.05, 0) is 52.9 Å². The molecule has 1 aliphatic rings. The lowest BCUT2D eigenvalue weighted by molar-refractivity contribution is 0.203. The van der Waals surface area contributed by atoms with E-state index in [0.29, 0.717) is 18.1 Å². The van der Waals surface area contributed by atoms with Gasteiger partial charge in [-0.15, -0.1) is 0 Å². The van der Waals surface area contributed by atoms with Crippen molar-refractivity contribution >= 4 is 21.6 Å². The van der Waals surface area contributed by atoms with Crippen LogP contribution in [0, 0.1) is 17.2 Å². The van der Waals surface area contributed by atoms with Crippen molar-refractivity contribution in [3.8, 4) is 6.07 Å². The van der Waals surface area contributed by atoms with Crippen molar-refractivity contribution in [2.24, 2.45) is 5.92 Å². The number of aliphatic hydroxyl groups is 1. The van der Waals surface area contributed by atoms with Gasteiger partial charge in [0.2, 0.25) is 0 Å². The Morgan fingerprint density at radius 2 is 2.12 bits per heavy atom. The standard InChI is InChI=1S/C13H15BrN2O/c14-13-7-12(2-1-11(13)8-15)16-5-3-10(9-17)4-6-16/h1-2,7,10,17H,3-6,9H2. The second-order valence-corrected chi connectivity index (χ2v) is 5.24. The SMILES string of the molecule is N#Cc1ccc(N2CCC(CO)CC2)cc1Br. The molecule has 1 N–H and O–H groups in total. The van der Waals surface area contributed by atoms with Gasteiger partial charge >= 0.3 is 0 Å². The summed E-state index contributed by atoms with van der Waals surface area (Å²) in [5, 5.41) is 18.0. The summed E-state index contributed by atoms with van der Waals surface area (Å²) in [5.74, 6) is 0.452. The molecular formula is C13H15BrN2O. The fourth-order valence-electron chi connectivity index (χ4n) is 2.17. The van der Waals surface area contributed by atoms with Crippen molar-refractivity contribution in [1.82, 2.24) is 0 Å². The van der Waals surface area contributed by atoms with Crippen molar-refractivity contribution in [2.75, 3.05) is 24.6 Å². The topological polar surface area (TPSA) is 47.3 Å². The van der Waals surface area contributed by atoms with E-state index in [0.717, 1.165) is 36.1 Å². The molecule has 0 saturated carbocycles. The van der Waals surface area contributed by atoms with Gasteiger partial charge < -0.3 is 10.0 Å². The van der Waals surface area contributed by atoms with Gasteiger partial charge in [-0.2, -0.15) is 5.26 Å². The Hall–Kier alpha value is -1.05. The molecule has 3 nitrogen and oxygen atoms in total. The predicted molar refractivity (Wildman–Crippen MR) is 70.9 cm³/mol. The summed E-state index contributed by atoms with van der Waals surface area (Å²) < 4.78 is 0.849. The van der Waals surface area contributed by atoms with Gasteiger partial charge in [0.1, 0.15) is 6.07 Å². The highest BCUT2D eigenvalue weighted by molar-refractivity contribution is 9.10. The summed E-state index contributed by atoms with van der Waals surface area (Å²) in [5.41, 5.74) is 1.81. The third-order valence-electron chi connectivity index (χ3n) is 3.31. The second-order valence-electron chi connectivity index (χ2n) is 4.39. The van der Waals surface area contributed by atoms with Crippen LogP contribution in [0.5, 0.6) is 0 Å². The van der Waals surface area contributed by atoms with Gasteiger partial charge in [0.15, 0.2) is 0 Å². The van der Waals surface area contributed by atoms with Crippen molar-refractivity contribution in [2.45, 2.75) is 12.8 Å². The fraction of sp³-hybridized carbons (Fsp3) is 0.462. The van der Waals surface area contributed by atoms with Crippen molar-refractivity contribution < 1.29 is 5.11 Å². The first-order valence-corrected chi connectivity index (χ1v) is 6.59. The molecule has 1 aromatic carbocycles. The summed E-state index contributed by atoms with van der Waals surface area (Å²) >= 11 is 3.41. The van der Waals surface area contributed by atoms with Crippen LogP contribution in [0.25, 0.3) is 0 Å². The molecular weight excluding hydrogens is 280 g/mol. The van der Waals surface area contributed by atoms with Crippen LogP contribution in [0.3, 0.4) is 0 Å².